The van der Waals surface area contributed by atoms with E-state index in [1.807, 2.05) is 19.4 Å². The molecule has 0 aliphatic carbocycles. The Morgan fingerprint density at radius 3 is 2.93 bits per heavy atom. The van der Waals surface area contributed by atoms with Crippen molar-refractivity contribution in [2.45, 2.75) is 25.8 Å². The topological polar surface area (TPSA) is 65.1 Å². The van der Waals surface area contributed by atoms with Crippen LogP contribution >= 0.6 is 0 Å². The molecule has 0 aliphatic rings. The molecule has 0 amide bonds. The van der Waals surface area contributed by atoms with Gasteiger partial charge in [-0.3, -0.25) is 16.0 Å². The molecule has 5 nitrogen and oxygen atoms in total. The molecule has 0 spiro atoms. The second-order valence-electron chi connectivity index (χ2n) is 3.57. The molecule has 1 rings (SSSR count). The van der Waals surface area contributed by atoms with Gasteiger partial charge < -0.3 is 4.74 Å². The number of hydrazine groups is 1. The van der Waals surface area contributed by atoms with Crippen molar-refractivity contribution in [1.82, 2.24) is 15.2 Å². The zero-order chi connectivity index (χ0) is 11.1. The molecule has 5 heteroatoms. The minimum Gasteiger partial charge on any atom is -0.381 e. The first-order valence-corrected chi connectivity index (χ1v) is 5.30. The van der Waals surface area contributed by atoms with Crippen LogP contribution in [0.4, 0.5) is 0 Å². The van der Waals surface area contributed by atoms with Gasteiger partial charge in [0, 0.05) is 32.0 Å². The molecule has 86 valence electrons. The van der Waals surface area contributed by atoms with Crippen molar-refractivity contribution >= 4 is 0 Å². The number of aromatic nitrogens is 2. The lowest BCUT2D eigenvalue weighted by Crippen LogP contribution is -2.28. The number of rotatable bonds is 7. The fourth-order valence-corrected chi connectivity index (χ4v) is 1.41. The smallest absolute Gasteiger partial charge is 0.0538 e. The molecular weight excluding hydrogens is 192 g/mol. The second kappa shape index (κ2) is 6.55. The van der Waals surface area contributed by atoms with Crippen LogP contribution in [-0.4, -0.2) is 23.0 Å². The standard InChI is InChI=1S/C10H20N4O/c1-3-5-15-6-4-10(13-11)9-7-12-14(2)8-9/h7-8,10,13H,3-6,11H2,1-2H3. The molecule has 1 unspecified atom stereocenters. The predicted molar refractivity (Wildman–Crippen MR) is 59.0 cm³/mol. The highest BCUT2D eigenvalue weighted by atomic mass is 16.5. The van der Waals surface area contributed by atoms with E-state index in [2.05, 4.69) is 17.4 Å². The number of hydrogen-bond donors (Lipinski definition) is 2. The van der Waals surface area contributed by atoms with Crippen LogP contribution in [0.2, 0.25) is 0 Å². The Kier molecular flexibility index (Phi) is 5.31. The summed E-state index contributed by atoms with van der Waals surface area (Å²) in [7, 11) is 1.89. The van der Waals surface area contributed by atoms with E-state index >= 15 is 0 Å². The Morgan fingerprint density at radius 2 is 2.40 bits per heavy atom. The summed E-state index contributed by atoms with van der Waals surface area (Å²) in [5.41, 5.74) is 3.87. The molecule has 0 aliphatic heterocycles. The average molecular weight is 212 g/mol. The monoisotopic (exact) mass is 212 g/mol. The summed E-state index contributed by atoms with van der Waals surface area (Å²) in [6, 6.07) is 0.121. The first-order chi connectivity index (χ1) is 7.27. The van der Waals surface area contributed by atoms with Crippen LogP contribution in [0.25, 0.3) is 0 Å². The van der Waals surface area contributed by atoms with Crippen molar-refractivity contribution in [2.24, 2.45) is 12.9 Å². The number of hydrogen-bond acceptors (Lipinski definition) is 4. The van der Waals surface area contributed by atoms with Crippen LogP contribution in [0.5, 0.6) is 0 Å². The van der Waals surface area contributed by atoms with Crippen molar-refractivity contribution in [3.8, 4) is 0 Å². The normalized spacial score (nSPS) is 13.0. The molecule has 1 aromatic rings. The summed E-state index contributed by atoms with van der Waals surface area (Å²) >= 11 is 0. The van der Waals surface area contributed by atoms with E-state index in [0.29, 0.717) is 0 Å². The summed E-state index contributed by atoms with van der Waals surface area (Å²) in [6.07, 6.45) is 5.70. The van der Waals surface area contributed by atoms with Crippen LogP contribution < -0.4 is 11.3 Å². The van der Waals surface area contributed by atoms with Gasteiger partial charge in [0.05, 0.1) is 12.2 Å². The van der Waals surface area contributed by atoms with Gasteiger partial charge in [-0.05, 0) is 12.8 Å². The Morgan fingerprint density at radius 1 is 1.60 bits per heavy atom. The Hall–Kier alpha value is -0.910. The average Bonchev–Trinajstić information content (AvgIpc) is 2.65. The van der Waals surface area contributed by atoms with Crippen molar-refractivity contribution < 1.29 is 4.74 Å². The van der Waals surface area contributed by atoms with Gasteiger partial charge in [0.15, 0.2) is 0 Å². The van der Waals surface area contributed by atoms with E-state index in [0.717, 1.165) is 31.6 Å². The zero-order valence-electron chi connectivity index (χ0n) is 9.44. The van der Waals surface area contributed by atoms with E-state index in [1.54, 1.807) is 4.68 Å². The summed E-state index contributed by atoms with van der Waals surface area (Å²) < 4.78 is 7.19. The molecule has 0 saturated heterocycles. The molecular formula is C10H20N4O. The molecule has 0 aromatic carbocycles. The lowest BCUT2D eigenvalue weighted by Gasteiger charge is -2.13. The summed E-state index contributed by atoms with van der Waals surface area (Å²) in [5.74, 6) is 5.49. The maximum atomic E-state index is 5.49. The van der Waals surface area contributed by atoms with Crippen molar-refractivity contribution in [3.05, 3.63) is 18.0 Å². The van der Waals surface area contributed by atoms with Crippen LogP contribution in [0, 0.1) is 0 Å². The zero-order valence-corrected chi connectivity index (χ0v) is 9.44. The lowest BCUT2D eigenvalue weighted by atomic mass is 10.1. The molecule has 1 atom stereocenters. The van der Waals surface area contributed by atoms with Crippen molar-refractivity contribution in [1.29, 1.82) is 0 Å². The molecule has 0 radical (unpaired) electrons. The fraction of sp³-hybridized carbons (Fsp3) is 0.700. The van der Waals surface area contributed by atoms with E-state index in [-0.39, 0.29) is 6.04 Å². The van der Waals surface area contributed by atoms with Gasteiger partial charge in [-0.15, -0.1) is 0 Å². The quantitative estimate of drug-likeness (QED) is 0.397. The summed E-state index contributed by atoms with van der Waals surface area (Å²) in [4.78, 5) is 0. The van der Waals surface area contributed by atoms with Crippen molar-refractivity contribution in [3.63, 3.8) is 0 Å². The number of nitrogens with one attached hydrogen (secondary N) is 1. The molecule has 0 saturated carbocycles. The highest BCUT2D eigenvalue weighted by molar-refractivity contribution is 5.09. The number of nitrogens with two attached hydrogens (primary N) is 1. The van der Waals surface area contributed by atoms with Gasteiger partial charge >= 0.3 is 0 Å². The van der Waals surface area contributed by atoms with Gasteiger partial charge in [-0.1, -0.05) is 6.92 Å². The number of aryl methyl sites for hydroxylation is 1. The van der Waals surface area contributed by atoms with Gasteiger partial charge in [0.25, 0.3) is 0 Å². The highest BCUT2D eigenvalue weighted by Crippen LogP contribution is 2.14. The third kappa shape index (κ3) is 3.99. The summed E-state index contributed by atoms with van der Waals surface area (Å²) in [5, 5.41) is 4.11. The largest absolute Gasteiger partial charge is 0.381 e. The lowest BCUT2D eigenvalue weighted by molar-refractivity contribution is 0.124. The first-order valence-electron chi connectivity index (χ1n) is 5.30. The van der Waals surface area contributed by atoms with E-state index in [4.69, 9.17) is 10.6 Å². The molecule has 15 heavy (non-hydrogen) atoms. The van der Waals surface area contributed by atoms with Gasteiger partial charge in [0.1, 0.15) is 0 Å². The molecule has 3 N–H and O–H groups in total. The third-order valence-electron chi connectivity index (χ3n) is 2.23. The van der Waals surface area contributed by atoms with Crippen LogP contribution in [-0.2, 0) is 11.8 Å². The molecule has 0 bridgehead atoms. The third-order valence-corrected chi connectivity index (χ3v) is 2.23. The minimum atomic E-state index is 0.121. The Balaban J connectivity index is 2.35. The van der Waals surface area contributed by atoms with Gasteiger partial charge in [-0.25, -0.2) is 0 Å². The minimum absolute atomic E-state index is 0.121. The fourth-order valence-electron chi connectivity index (χ4n) is 1.41. The highest BCUT2D eigenvalue weighted by Gasteiger charge is 2.10. The maximum Gasteiger partial charge on any atom is 0.0538 e. The van der Waals surface area contributed by atoms with E-state index in [1.165, 1.54) is 0 Å². The molecule has 0 fully saturated rings. The Labute approximate surface area is 90.6 Å². The Bertz CT molecular complexity index is 274. The summed E-state index contributed by atoms with van der Waals surface area (Å²) in [6.45, 7) is 3.63. The van der Waals surface area contributed by atoms with Crippen molar-refractivity contribution in [2.75, 3.05) is 13.2 Å². The van der Waals surface area contributed by atoms with Crippen LogP contribution in [0.3, 0.4) is 0 Å². The molecule has 1 aromatic heterocycles. The maximum absolute atomic E-state index is 5.49. The van der Waals surface area contributed by atoms with Crippen LogP contribution in [0.15, 0.2) is 12.4 Å². The number of nitrogens with zero attached hydrogens (tertiary/aromatic N) is 2. The van der Waals surface area contributed by atoms with Gasteiger partial charge in [0.2, 0.25) is 0 Å². The molecule has 1 heterocycles. The second-order valence-corrected chi connectivity index (χ2v) is 3.57. The predicted octanol–water partition coefficient (Wildman–Crippen LogP) is 0.741. The van der Waals surface area contributed by atoms with Gasteiger partial charge in [-0.2, -0.15) is 5.10 Å². The number of ether oxygens (including phenoxy) is 1. The van der Waals surface area contributed by atoms with E-state index < -0.39 is 0 Å². The SMILES string of the molecule is CCCOCCC(NN)c1cnn(C)c1. The van der Waals surface area contributed by atoms with Crippen LogP contribution in [0.1, 0.15) is 31.4 Å². The first kappa shape index (κ1) is 12.2. The van der Waals surface area contributed by atoms with E-state index in [9.17, 15) is 0 Å².